The molecular weight excluding hydrogens is 364 g/mol. The van der Waals surface area contributed by atoms with Crippen molar-refractivity contribution in [2.24, 2.45) is 0 Å². The lowest BCUT2D eigenvalue weighted by Crippen LogP contribution is -2.26. The fraction of sp³-hybridized carbons (Fsp3) is 0.520. The maximum Gasteiger partial charge on any atom is 0.120 e. The van der Waals surface area contributed by atoms with Crippen molar-refractivity contribution in [2.45, 2.75) is 84.2 Å². The Hall–Kier alpha value is -1.88. The zero-order chi connectivity index (χ0) is 21.3. The van der Waals surface area contributed by atoms with Crippen LogP contribution in [0.25, 0.3) is 0 Å². The zero-order valence-corrected chi connectivity index (χ0v) is 18.0. The minimum atomic E-state index is -0.524. The Kier molecular flexibility index (Phi) is 9.15. The van der Waals surface area contributed by atoms with E-state index in [1.807, 2.05) is 30.3 Å². The van der Waals surface area contributed by atoms with E-state index in [1.165, 1.54) is 5.56 Å². The molecule has 0 saturated carbocycles. The summed E-state index contributed by atoms with van der Waals surface area (Å²) in [7, 11) is 0. The molecule has 0 saturated heterocycles. The molecule has 0 aliphatic carbocycles. The van der Waals surface area contributed by atoms with Crippen molar-refractivity contribution >= 4 is 0 Å². The van der Waals surface area contributed by atoms with E-state index in [-0.39, 0.29) is 13.2 Å². The number of benzene rings is 2. The smallest absolute Gasteiger partial charge is 0.120 e. The zero-order valence-electron chi connectivity index (χ0n) is 18.0. The van der Waals surface area contributed by atoms with Crippen molar-refractivity contribution in [3.63, 3.8) is 0 Å². The van der Waals surface area contributed by atoms with Gasteiger partial charge < -0.3 is 20.1 Å². The van der Waals surface area contributed by atoms with Crippen LogP contribution < -0.4 is 4.74 Å². The molecule has 4 heteroatoms. The predicted molar refractivity (Wildman–Crippen MR) is 117 cm³/mol. The molecule has 0 bridgehead atoms. The van der Waals surface area contributed by atoms with E-state index in [1.54, 1.807) is 0 Å². The van der Waals surface area contributed by atoms with Crippen LogP contribution >= 0.6 is 0 Å². The Balaban J connectivity index is 1.93. The second kappa shape index (κ2) is 11.3. The molecule has 0 fully saturated rings. The summed E-state index contributed by atoms with van der Waals surface area (Å²) in [6.45, 7) is 6.56. The van der Waals surface area contributed by atoms with Crippen LogP contribution in [0.5, 0.6) is 5.75 Å². The van der Waals surface area contributed by atoms with Crippen molar-refractivity contribution in [1.82, 2.24) is 0 Å². The first-order chi connectivity index (χ1) is 13.9. The van der Waals surface area contributed by atoms with Gasteiger partial charge in [-0.25, -0.2) is 0 Å². The summed E-state index contributed by atoms with van der Waals surface area (Å²) in [5.41, 5.74) is 3.15. The van der Waals surface area contributed by atoms with Gasteiger partial charge in [0.2, 0.25) is 0 Å². The molecule has 160 valence electrons. The third-order valence-corrected chi connectivity index (χ3v) is 6.04. The average molecular weight is 401 g/mol. The molecule has 1 unspecified atom stereocenters. The Morgan fingerprint density at radius 3 is 2.34 bits per heavy atom. The van der Waals surface area contributed by atoms with Crippen molar-refractivity contribution in [1.29, 1.82) is 0 Å². The molecule has 0 amide bonds. The van der Waals surface area contributed by atoms with Crippen LogP contribution in [-0.4, -0.2) is 20.9 Å². The number of ether oxygens (including phenoxy) is 1. The van der Waals surface area contributed by atoms with Gasteiger partial charge in [-0.3, -0.25) is 0 Å². The van der Waals surface area contributed by atoms with Gasteiger partial charge in [0.25, 0.3) is 0 Å². The Morgan fingerprint density at radius 1 is 0.966 bits per heavy atom. The SMILES string of the molecule is CCC(O)(CC)CCCC(C)c1cccc(OCc2ccc(CO)c(CO)c2)c1. The minimum absolute atomic E-state index is 0.0785. The van der Waals surface area contributed by atoms with Gasteiger partial charge in [0.15, 0.2) is 0 Å². The summed E-state index contributed by atoms with van der Waals surface area (Å²) in [5, 5.41) is 29.2. The lowest BCUT2D eigenvalue weighted by Gasteiger charge is -2.25. The maximum absolute atomic E-state index is 10.5. The van der Waals surface area contributed by atoms with Crippen molar-refractivity contribution in [2.75, 3.05) is 0 Å². The van der Waals surface area contributed by atoms with E-state index in [4.69, 9.17) is 4.74 Å². The summed E-state index contributed by atoms with van der Waals surface area (Å²) in [4.78, 5) is 0. The van der Waals surface area contributed by atoms with E-state index in [9.17, 15) is 15.3 Å². The number of hydrogen-bond acceptors (Lipinski definition) is 4. The standard InChI is InChI=1S/C25H36O4/c1-4-25(28,5-2)13-7-8-19(3)21-9-6-10-24(15-21)29-18-20-11-12-22(16-26)23(14-20)17-27/h6,9-12,14-15,19,26-28H,4-5,7-8,13,16-18H2,1-3H3. The van der Waals surface area contributed by atoms with Crippen LogP contribution in [0.1, 0.15) is 81.0 Å². The molecule has 0 spiro atoms. The topological polar surface area (TPSA) is 69.9 Å². The minimum Gasteiger partial charge on any atom is -0.489 e. The van der Waals surface area contributed by atoms with Crippen LogP contribution in [0, 0.1) is 0 Å². The molecule has 0 aromatic heterocycles. The lowest BCUT2D eigenvalue weighted by molar-refractivity contribution is 0.0209. The van der Waals surface area contributed by atoms with Gasteiger partial charge >= 0.3 is 0 Å². The summed E-state index contributed by atoms with van der Waals surface area (Å²) < 4.78 is 5.97. The first kappa shape index (κ1) is 23.4. The third-order valence-electron chi connectivity index (χ3n) is 6.04. The average Bonchev–Trinajstić information content (AvgIpc) is 2.77. The van der Waals surface area contributed by atoms with E-state index < -0.39 is 5.60 Å². The summed E-state index contributed by atoms with van der Waals surface area (Å²) in [6.07, 6.45) is 4.49. The number of aliphatic hydroxyl groups is 3. The Morgan fingerprint density at radius 2 is 1.69 bits per heavy atom. The van der Waals surface area contributed by atoms with Gasteiger partial charge in [-0.15, -0.1) is 0 Å². The second-order valence-corrected chi connectivity index (χ2v) is 8.01. The predicted octanol–water partition coefficient (Wildman–Crippen LogP) is 5.08. The molecule has 4 nitrogen and oxygen atoms in total. The molecule has 0 aliphatic rings. The summed E-state index contributed by atoms with van der Waals surface area (Å²) >= 11 is 0. The van der Waals surface area contributed by atoms with Crippen molar-refractivity contribution in [3.8, 4) is 5.75 Å². The number of aliphatic hydroxyl groups excluding tert-OH is 2. The summed E-state index contributed by atoms with van der Waals surface area (Å²) in [6, 6.07) is 13.8. The molecule has 2 aromatic rings. The van der Waals surface area contributed by atoms with Gasteiger partial charge in [-0.05, 0) is 78.5 Å². The summed E-state index contributed by atoms with van der Waals surface area (Å²) in [5.74, 6) is 1.23. The fourth-order valence-electron chi connectivity index (χ4n) is 3.66. The molecule has 0 radical (unpaired) electrons. The lowest BCUT2D eigenvalue weighted by atomic mass is 9.88. The molecular formula is C25H36O4. The first-order valence-corrected chi connectivity index (χ1v) is 10.7. The van der Waals surface area contributed by atoms with E-state index in [0.29, 0.717) is 12.5 Å². The molecule has 2 aromatic carbocycles. The van der Waals surface area contributed by atoms with E-state index in [2.05, 4.69) is 32.9 Å². The van der Waals surface area contributed by atoms with Gasteiger partial charge in [0.1, 0.15) is 12.4 Å². The monoisotopic (exact) mass is 400 g/mol. The molecule has 29 heavy (non-hydrogen) atoms. The highest BCUT2D eigenvalue weighted by molar-refractivity contribution is 5.33. The van der Waals surface area contributed by atoms with Crippen LogP contribution in [0.4, 0.5) is 0 Å². The quantitative estimate of drug-likeness (QED) is 0.465. The van der Waals surface area contributed by atoms with Crippen molar-refractivity contribution in [3.05, 3.63) is 64.7 Å². The maximum atomic E-state index is 10.5. The molecule has 1 atom stereocenters. The molecule has 3 N–H and O–H groups in total. The fourth-order valence-corrected chi connectivity index (χ4v) is 3.66. The first-order valence-electron chi connectivity index (χ1n) is 10.7. The van der Waals surface area contributed by atoms with Crippen LogP contribution in [-0.2, 0) is 19.8 Å². The molecule has 0 aliphatic heterocycles. The second-order valence-electron chi connectivity index (χ2n) is 8.01. The van der Waals surface area contributed by atoms with Crippen LogP contribution in [0.2, 0.25) is 0 Å². The number of rotatable bonds is 12. The van der Waals surface area contributed by atoms with Gasteiger partial charge in [-0.2, -0.15) is 0 Å². The highest BCUT2D eigenvalue weighted by atomic mass is 16.5. The van der Waals surface area contributed by atoms with Crippen LogP contribution in [0.3, 0.4) is 0 Å². The number of hydrogen-bond donors (Lipinski definition) is 3. The van der Waals surface area contributed by atoms with Crippen molar-refractivity contribution < 1.29 is 20.1 Å². The molecule has 0 heterocycles. The highest BCUT2D eigenvalue weighted by Gasteiger charge is 2.21. The Labute approximate surface area is 175 Å². The largest absolute Gasteiger partial charge is 0.489 e. The highest BCUT2D eigenvalue weighted by Crippen LogP contribution is 2.29. The third kappa shape index (κ3) is 6.84. The van der Waals surface area contributed by atoms with E-state index >= 15 is 0 Å². The molecule has 2 rings (SSSR count). The van der Waals surface area contributed by atoms with Gasteiger partial charge in [0, 0.05) is 0 Å². The van der Waals surface area contributed by atoms with Gasteiger partial charge in [-0.1, -0.05) is 45.0 Å². The van der Waals surface area contributed by atoms with Crippen LogP contribution in [0.15, 0.2) is 42.5 Å². The van der Waals surface area contributed by atoms with E-state index in [0.717, 1.165) is 54.5 Å². The Bertz CT molecular complexity index is 752. The van der Waals surface area contributed by atoms with Gasteiger partial charge in [0.05, 0.1) is 18.8 Å². The normalized spacial score (nSPS) is 12.8.